The Morgan fingerprint density at radius 3 is 2.25 bits per heavy atom. The molecular formula is C35H49NO12. The molecule has 15 atom stereocenters. The van der Waals surface area contributed by atoms with Crippen molar-refractivity contribution >= 4 is 11.9 Å². The van der Waals surface area contributed by atoms with Gasteiger partial charge in [0.05, 0.1) is 37.6 Å². The van der Waals surface area contributed by atoms with Gasteiger partial charge in [0.15, 0.2) is 5.60 Å². The third-order valence-electron chi connectivity index (χ3n) is 13.5. The van der Waals surface area contributed by atoms with Crippen LogP contribution in [0.1, 0.15) is 37.0 Å². The first-order valence-electron chi connectivity index (χ1n) is 16.9. The Morgan fingerprint density at radius 1 is 0.979 bits per heavy atom. The lowest BCUT2D eigenvalue weighted by Gasteiger charge is -2.70. The number of aliphatic hydroxyl groups is 3. The maximum absolute atomic E-state index is 13.9. The molecule has 5 saturated carbocycles. The summed E-state index contributed by atoms with van der Waals surface area (Å²) < 4.78 is 42.7. The zero-order valence-corrected chi connectivity index (χ0v) is 28.7. The summed E-state index contributed by atoms with van der Waals surface area (Å²) in [6.07, 6.45) is -5.64. The molecular weight excluding hydrogens is 626 g/mol. The van der Waals surface area contributed by atoms with Crippen molar-refractivity contribution in [2.75, 3.05) is 55.2 Å². The predicted molar refractivity (Wildman–Crippen MR) is 167 cm³/mol. The highest BCUT2D eigenvalue weighted by Gasteiger charge is 2.92. The van der Waals surface area contributed by atoms with Gasteiger partial charge in [-0.15, -0.1) is 0 Å². The monoisotopic (exact) mass is 675 g/mol. The van der Waals surface area contributed by atoms with Crippen LogP contribution in [0.3, 0.4) is 0 Å². The normalized spacial score (nSPS) is 48.2. The molecule has 1 spiro atoms. The summed E-state index contributed by atoms with van der Waals surface area (Å²) in [4.78, 5) is 29.5. The number of carbonyl (C=O) groups is 2. The fraction of sp³-hybridized carbons (Fsp3) is 0.771. The fourth-order valence-electron chi connectivity index (χ4n) is 12.5. The number of fused-ring (bicyclic) bond motifs is 2. The summed E-state index contributed by atoms with van der Waals surface area (Å²) in [5, 5.41) is 37.4. The first-order valence-corrected chi connectivity index (χ1v) is 16.9. The van der Waals surface area contributed by atoms with Crippen LogP contribution in [0.25, 0.3) is 0 Å². The number of ether oxygens (including phenoxy) is 7. The third-order valence-corrected chi connectivity index (χ3v) is 13.5. The Kier molecular flexibility index (Phi) is 8.24. The van der Waals surface area contributed by atoms with E-state index in [1.54, 1.807) is 45.6 Å². The molecule has 0 aromatic heterocycles. The van der Waals surface area contributed by atoms with Gasteiger partial charge < -0.3 is 48.5 Å². The van der Waals surface area contributed by atoms with E-state index in [0.717, 1.165) is 0 Å². The molecule has 5 aliphatic carbocycles. The second-order valence-electron chi connectivity index (χ2n) is 14.8. The van der Waals surface area contributed by atoms with E-state index < -0.39 is 94.3 Å². The quantitative estimate of drug-likeness (QED) is 0.297. The maximum atomic E-state index is 13.9. The number of methoxy groups -OCH3 is 5. The Labute approximate surface area is 280 Å². The van der Waals surface area contributed by atoms with Crippen molar-refractivity contribution in [3.63, 3.8) is 0 Å². The van der Waals surface area contributed by atoms with Crippen LogP contribution in [0, 0.1) is 34.5 Å². The SMILES string of the molecule is CCN1C[C@@]2(COC)C3C(OC)C4C1[C@@]3(C1C[C@@]3(O)C(OC(=O)c5ccc(OC)cc5)C1[C@]4(OC(C)=O)[C@@H](O)[C@@H]3OC)[C@@H](OC)C[C@H]2O. The summed E-state index contributed by atoms with van der Waals surface area (Å²) in [5.41, 5.74) is -4.94. The van der Waals surface area contributed by atoms with Gasteiger partial charge in [-0.05, 0) is 43.1 Å². The number of esters is 2. The number of aliphatic hydroxyl groups excluding tert-OH is 2. The third kappa shape index (κ3) is 3.90. The molecule has 48 heavy (non-hydrogen) atoms. The average molecular weight is 676 g/mol. The van der Waals surface area contributed by atoms with Gasteiger partial charge in [0.25, 0.3) is 0 Å². The minimum atomic E-state index is -1.86. The minimum Gasteiger partial charge on any atom is -0.497 e. The van der Waals surface area contributed by atoms with Gasteiger partial charge in [-0.25, -0.2) is 4.79 Å². The van der Waals surface area contributed by atoms with Crippen molar-refractivity contribution in [1.29, 1.82) is 0 Å². The Hall–Kier alpha value is -2.36. The van der Waals surface area contributed by atoms with Crippen molar-refractivity contribution in [2.45, 2.75) is 80.6 Å². The van der Waals surface area contributed by atoms with Crippen LogP contribution in [-0.2, 0) is 33.2 Å². The van der Waals surface area contributed by atoms with Gasteiger partial charge in [0, 0.05) is 83.0 Å². The van der Waals surface area contributed by atoms with Gasteiger partial charge in [-0.2, -0.15) is 0 Å². The van der Waals surface area contributed by atoms with E-state index in [2.05, 4.69) is 4.90 Å². The van der Waals surface area contributed by atoms with Gasteiger partial charge in [0.1, 0.15) is 29.7 Å². The molecule has 1 aromatic carbocycles. The van der Waals surface area contributed by atoms with E-state index in [-0.39, 0.29) is 24.6 Å². The summed E-state index contributed by atoms with van der Waals surface area (Å²) in [5.74, 6) is -3.23. The molecule has 266 valence electrons. The van der Waals surface area contributed by atoms with Crippen LogP contribution in [0.4, 0.5) is 0 Å². The van der Waals surface area contributed by atoms with Gasteiger partial charge >= 0.3 is 11.9 Å². The van der Waals surface area contributed by atoms with Crippen LogP contribution in [0.15, 0.2) is 24.3 Å². The van der Waals surface area contributed by atoms with Crippen LogP contribution in [0.2, 0.25) is 0 Å². The highest BCUT2D eigenvalue weighted by molar-refractivity contribution is 5.89. The maximum Gasteiger partial charge on any atom is 0.338 e. The summed E-state index contributed by atoms with van der Waals surface area (Å²) >= 11 is 0. The second-order valence-corrected chi connectivity index (χ2v) is 14.8. The Bertz CT molecular complexity index is 1430. The van der Waals surface area contributed by atoms with E-state index in [9.17, 15) is 24.9 Å². The topological polar surface area (TPSA) is 163 Å². The number of hydrogen-bond donors (Lipinski definition) is 3. The smallest absolute Gasteiger partial charge is 0.338 e. The number of hydrogen-bond acceptors (Lipinski definition) is 13. The van der Waals surface area contributed by atoms with Crippen LogP contribution in [0.5, 0.6) is 5.75 Å². The van der Waals surface area contributed by atoms with E-state index in [1.165, 1.54) is 21.1 Å². The van der Waals surface area contributed by atoms with Gasteiger partial charge in [-0.3, -0.25) is 9.69 Å². The molecule has 7 bridgehead atoms. The number of nitrogens with zero attached hydrogens (tertiary/aromatic N) is 1. The number of benzene rings is 1. The summed E-state index contributed by atoms with van der Waals surface area (Å²) in [7, 11) is 7.77. The fourth-order valence-corrected chi connectivity index (χ4v) is 12.5. The standard InChI is InChI=1S/C35H49NO12/c1-8-36-15-32(16-42-3)21(38)13-22(44-5)34-20-14-33(41)29(47-31(40)18-9-11-19(43-4)12-10-18)23(20)35(48-17(2)37,28(39)30(33)46-7)24(27(34)36)25(45-6)26(32)34/h9-12,20-30,38-39,41H,8,13-16H2,1-7H3/t20?,21-,22+,23?,24?,25?,26?,27?,28+,29?,30+,32+,33-,34+,35-/m1/s1. The van der Waals surface area contributed by atoms with Crippen molar-refractivity contribution in [1.82, 2.24) is 4.90 Å². The highest BCUT2D eigenvalue weighted by atomic mass is 16.6. The lowest BCUT2D eigenvalue weighted by molar-refractivity contribution is -0.322. The molecule has 13 heteroatoms. The van der Waals surface area contributed by atoms with Crippen molar-refractivity contribution in [2.24, 2.45) is 34.5 Å². The van der Waals surface area contributed by atoms with E-state index in [4.69, 9.17) is 33.2 Å². The average Bonchev–Trinajstić information content (AvgIpc) is 3.44. The molecule has 1 heterocycles. The zero-order chi connectivity index (χ0) is 34.6. The second kappa shape index (κ2) is 11.6. The number of carbonyl (C=O) groups excluding carboxylic acids is 2. The molecule has 1 saturated heterocycles. The molecule has 6 aliphatic rings. The van der Waals surface area contributed by atoms with Crippen molar-refractivity contribution in [3.8, 4) is 5.75 Å². The molecule has 7 rings (SSSR count). The molecule has 3 N–H and O–H groups in total. The highest BCUT2D eigenvalue weighted by Crippen LogP contribution is 2.80. The predicted octanol–water partition coefficient (Wildman–Crippen LogP) is 0.657. The lowest BCUT2D eigenvalue weighted by atomic mass is 9.42. The van der Waals surface area contributed by atoms with E-state index in [1.807, 2.05) is 6.92 Å². The molecule has 7 unspecified atom stereocenters. The summed E-state index contributed by atoms with van der Waals surface area (Å²) in [6.45, 7) is 4.64. The van der Waals surface area contributed by atoms with E-state index >= 15 is 0 Å². The molecule has 0 amide bonds. The Balaban J connectivity index is 1.50. The Morgan fingerprint density at radius 2 is 1.69 bits per heavy atom. The molecule has 13 nitrogen and oxygen atoms in total. The molecule has 0 radical (unpaired) electrons. The molecule has 1 aliphatic heterocycles. The lowest BCUT2D eigenvalue weighted by Crippen LogP contribution is -2.81. The summed E-state index contributed by atoms with van der Waals surface area (Å²) in [6, 6.07) is 6.10. The van der Waals surface area contributed by atoms with Crippen molar-refractivity contribution < 1.29 is 58.1 Å². The number of likely N-dealkylation sites (tertiary alicyclic amines) is 1. The molecule has 6 fully saturated rings. The van der Waals surface area contributed by atoms with Crippen LogP contribution in [-0.4, -0.2) is 141 Å². The van der Waals surface area contributed by atoms with Crippen molar-refractivity contribution in [3.05, 3.63) is 29.8 Å². The van der Waals surface area contributed by atoms with Crippen LogP contribution < -0.4 is 4.74 Å². The number of piperidine rings is 1. The van der Waals surface area contributed by atoms with Gasteiger partial charge in [-0.1, -0.05) is 6.92 Å². The first-order chi connectivity index (χ1) is 22.9. The van der Waals surface area contributed by atoms with E-state index in [0.29, 0.717) is 25.3 Å². The number of rotatable bonds is 10. The largest absolute Gasteiger partial charge is 0.497 e. The van der Waals surface area contributed by atoms with Crippen LogP contribution >= 0.6 is 0 Å². The molecule has 1 aromatic rings. The zero-order valence-electron chi connectivity index (χ0n) is 28.7. The minimum absolute atomic E-state index is 0.0591. The first kappa shape index (κ1) is 34.1. The van der Waals surface area contributed by atoms with Gasteiger partial charge in [0.2, 0.25) is 0 Å².